The lowest BCUT2D eigenvalue weighted by Gasteiger charge is -2.27. The molecule has 0 aromatic heterocycles. The smallest absolute Gasteiger partial charge is 0.240 e. The minimum absolute atomic E-state index is 0.0565. The van der Waals surface area contributed by atoms with E-state index in [9.17, 15) is 8.42 Å². The van der Waals surface area contributed by atoms with Crippen LogP contribution in [0.2, 0.25) is 0 Å². The Morgan fingerprint density at radius 2 is 1.95 bits per heavy atom. The van der Waals surface area contributed by atoms with Crippen molar-refractivity contribution in [3.8, 4) is 0 Å². The molecule has 0 aliphatic heterocycles. The standard InChI is InChI=1S/C15H24N2O2S2/c1-11-3-8-15(9-12(11)10-16)21(18,19)17-13-4-6-14(20-2)7-5-13/h3,8-9,13-14,17H,4-7,10,16H2,1-2H3. The predicted molar refractivity (Wildman–Crippen MR) is 89.0 cm³/mol. The van der Waals surface area contributed by atoms with Crippen LogP contribution in [0.15, 0.2) is 23.1 Å². The summed E-state index contributed by atoms with van der Waals surface area (Å²) in [5.41, 5.74) is 7.56. The topological polar surface area (TPSA) is 72.2 Å². The zero-order chi connectivity index (χ0) is 15.5. The van der Waals surface area contributed by atoms with Gasteiger partial charge in [0.2, 0.25) is 10.0 Å². The summed E-state index contributed by atoms with van der Waals surface area (Å²) in [6.45, 7) is 2.30. The number of benzene rings is 1. The molecule has 1 aromatic carbocycles. The maximum Gasteiger partial charge on any atom is 0.240 e. The van der Waals surface area contributed by atoms with Crippen molar-refractivity contribution in [1.82, 2.24) is 4.72 Å². The fraction of sp³-hybridized carbons (Fsp3) is 0.600. The normalized spacial score (nSPS) is 23.2. The van der Waals surface area contributed by atoms with Crippen molar-refractivity contribution in [3.63, 3.8) is 0 Å². The van der Waals surface area contributed by atoms with Gasteiger partial charge in [-0.3, -0.25) is 0 Å². The van der Waals surface area contributed by atoms with E-state index in [0.717, 1.165) is 36.8 Å². The van der Waals surface area contributed by atoms with E-state index in [-0.39, 0.29) is 6.04 Å². The van der Waals surface area contributed by atoms with Crippen LogP contribution in [0.5, 0.6) is 0 Å². The van der Waals surface area contributed by atoms with Crippen LogP contribution in [0.1, 0.15) is 36.8 Å². The van der Waals surface area contributed by atoms with Gasteiger partial charge in [0.1, 0.15) is 0 Å². The van der Waals surface area contributed by atoms with E-state index in [1.807, 2.05) is 24.8 Å². The van der Waals surface area contributed by atoms with Crippen LogP contribution in [0.25, 0.3) is 0 Å². The molecule has 0 bridgehead atoms. The highest BCUT2D eigenvalue weighted by molar-refractivity contribution is 7.99. The largest absolute Gasteiger partial charge is 0.326 e. The van der Waals surface area contributed by atoms with Gasteiger partial charge in [0.25, 0.3) is 0 Å². The molecular weight excluding hydrogens is 304 g/mol. The van der Waals surface area contributed by atoms with Crippen molar-refractivity contribution >= 4 is 21.8 Å². The molecule has 1 fully saturated rings. The number of thioether (sulfide) groups is 1. The second-order valence-corrected chi connectivity index (χ2v) is 8.48. The Hall–Kier alpha value is -0.560. The Balaban J connectivity index is 2.08. The van der Waals surface area contributed by atoms with Crippen LogP contribution in [0.4, 0.5) is 0 Å². The Labute approximate surface area is 131 Å². The predicted octanol–water partition coefficient (Wildman–Crippen LogP) is 2.41. The lowest BCUT2D eigenvalue weighted by Crippen LogP contribution is -2.38. The lowest BCUT2D eigenvalue weighted by molar-refractivity contribution is 0.420. The van der Waals surface area contributed by atoms with Crippen LogP contribution in [-0.4, -0.2) is 26.0 Å². The van der Waals surface area contributed by atoms with Crippen LogP contribution in [0, 0.1) is 6.92 Å². The molecule has 1 aliphatic rings. The highest BCUT2D eigenvalue weighted by Gasteiger charge is 2.25. The van der Waals surface area contributed by atoms with E-state index in [2.05, 4.69) is 11.0 Å². The van der Waals surface area contributed by atoms with Gasteiger partial charge in [-0.1, -0.05) is 6.07 Å². The first-order valence-corrected chi connectivity index (χ1v) is 10.1. The summed E-state index contributed by atoms with van der Waals surface area (Å²) in [5, 5.41) is 0.675. The Kier molecular flexibility index (Phi) is 5.71. The quantitative estimate of drug-likeness (QED) is 0.870. The molecule has 21 heavy (non-hydrogen) atoms. The molecule has 0 unspecified atom stereocenters. The van der Waals surface area contributed by atoms with Gasteiger partial charge in [-0.25, -0.2) is 13.1 Å². The zero-order valence-corrected chi connectivity index (χ0v) is 14.3. The lowest BCUT2D eigenvalue weighted by atomic mass is 9.96. The molecule has 2 rings (SSSR count). The first-order valence-electron chi connectivity index (χ1n) is 7.31. The summed E-state index contributed by atoms with van der Waals surface area (Å²) in [5.74, 6) is 0. The monoisotopic (exact) mass is 328 g/mol. The highest BCUT2D eigenvalue weighted by atomic mass is 32.2. The molecular formula is C15H24N2O2S2. The maximum atomic E-state index is 12.5. The number of nitrogens with two attached hydrogens (primary N) is 1. The summed E-state index contributed by atoms with van der Waals surface area (Å²) in [4.78, 5) is 0.320. The molecule has 1 saturated carbocycles. The number of nitrogens with one attached hydrogen (secondary N) is 1. The fourth-order valence-corrected chi connectivity index (χ4v) is 4.84. The van der Waals surface area contributed by atoms with E-state index < -0.39 is 10.0 Å². The molecule has 118 valence electrons. The van der Waals surface area contributed by atoms with Crippen molar-refractivity contribution in [2.75, 3.05) is 6.26 Å². The molecule has 0 saturated heterocycles. The van der Waals surface area contributed by atoms with Crippen molar-refractivity contribution < 1.29 is 8.42 Å². The van der Waals surface area contributed by atoms with Crippen molar-refractivity contribution in [1.29, 1.82) is 0 Å². The third-order valence-corrected chi connectivity index (χ3v) is 6.84. The number of hydrogen-bond donors (Lipinski definition) is 2. The molecule has 3 N–H and O–H groups in total. The Morgan fingerprint density at radius 3 is 2.52 bits per heavy atom. The first kappa shape index (κ1) is 16.8. The summed E-state index contributed by atoms with van der Waals surface area (Å²) in [6, 6.07) is 5.22. The van der Waals surface area contributed by atoms with Crippen LogP contribution < -0.4 is 10.5 Å². The Morgan fingerprint density at radius 1 is 1.29 bits per heavy atom. The molecule has 1 aromatic rings. The summed E-state index contributed by atoms with van der Waals surface area (Å²) in [7, 11) is -3.45. The average molecular weight is 329 g/mol. The van der Waals surface area contributed by atoms with E-state index >= 15 is 0 Å². The van der Waals surface area contributed by atoms with Gasteiger partial charge in [-0.2, -0.15) is 11.8 Å². The van der Waals surface area contributed by atoms with Gasteiger partial charge in [0, 0.05) is 17.8 Å². The van der Waals surface area contributed by atoms with E-state index in [0.29, 0.717) is 16.7 Å². The molecule has 6 heteroatoms. The second-order valence-electron chi connectivity index (χ2n) is 5.62. The third-order valence-electron chi connectivity index (χ3n) is 4.18. The maximum absolute atomic E-state index is 12.5. The zero-order valence-electron chi connectivity index (χ0n) is 12.6. The van der Waals surface area contributed by atoms with Gasteiger partial charge in [0.05, 0.1) is 4.90 Å². The van der Waals surface area contributed by atoms with E-state index in [4.69, 9.17) is 5.73 Å². The van der Waals surface area contributed by atoms with E-state index in [1.54, 1.807) is 12.1 Å². The summed E-state index contributed by atoms with van der Waals surface area (Å²) < 4.78 is 27.8. The molecule has 0 radical (unpaired) electrons. The SMILES string of the molecule is CSC1CCC(NS(=O)(=O)c2ccc(C)c(CN)c2)CC1. The minimum Gasteiger partial charge on any atom is -0.326 e. The molecule has 0 heterocycles. The number of hydrogen-bond acceptors (Lipinski definition) is 4. The number of sulfonamides is 1. The second kappa shape index (κ2) is 7.13. The minimum atomic E-state index is -3.45. The first-order chi connectivity index (χ1) is 9.96. The number of rotatable bonds is 5. The molecule has 0 spiro atoms. The van der Waals surface area contributed by atoms with Gasteiger partial charge >= 0.3 is 0 Å². The van der Waals surface area contributed by atoms with Crippen LogP contribution in [-0.2, 0) is 16.6 Å². The number of aryl methyl sites for hydroxylation is 1. The molecule has 0 atom stereocenters. The molecule has 1 aliphatic carbocycles. The fourth-order valence-electron chi connectivity index (χ4n) is 2.74. The highest BCUT2D eigenvalue weighted by Crippen LogP contribution is 2.27. The van der Waals surface area contributed by atoms with Crippen LogP contribution >= 0.6 is 11.8 Å². The average Bonchev–Trinajstić information content (AvgIpc) is 2.48. The van der Waals surface area contributed by atoms with E-state index in [1.165, 1.54) is 0 Å². The van der Waals surface area contributed by atoms with Gasteiger partial charge in [-0.15, -0.1) is 0 Å². The molecule has 4 nitrogen and oxygen atoms in total. The van der Waals surface area contributed by atoms with Crippen LogP contribution in [0.3, 0.4) is 0 Å². The van der Waals surface area contributed by atoms with Gasteiger partial charge in [-0.05, 0) is 62.1 Å². The van der Waals surface area contributed by atoms with Gasteiger partial charge < -0.3 is 5.73 Å². The Bertz CT molecular complexity index is 579. The summed E-state index contributed by atoms with van der Waals surface area (Å²) in [6.07, 6.45) is 6.11. The molecule has 0 amide bonds. The third kappa shape index (κ3) is 4.22. The van der Waals surface area contributed by atoms with Crippen molar-refractivity contribution in [2.45, 2.75) is 55.3 Å². The van der Waals surface area contributed by atoms with Crippen molar-refractivity contribution in [2.24, 2.45) is 5.73 Å². The van der Waals surface area contributed by atoms with Gasteiger partial charge in [0.15, 0.2) is 0 Å². The summed E-state index contributed by atoms with van der Waals surface area (Å²) >= 11 is 1.88. The van der Waals surface area contributed by atoms with Crippen molar-refractivity contribution in [3.05, 3.63) is 29.3 Å².